The standard InChI is InChI=1S/C18H17F3N2O2S/c1-12-5-3-4-6-15(12)23-16(11-17(22-23)18(19,20)21)13-7-9-14(10-8-13)26(2,24)25/h3-10,16H,11H2,1-2H3. The molecule has 2 aromatic rings. The molecule has 26 heavy (non-hydrogen) atoms. The molecule has 0 spiro atoms. The van der Waals surface area contributed by atoms with E-state index in [1.807, 2.05) is 0 Å². The highest BCUT2D eigenvalue weighted by molar-refractivity contribution is 7.90. The maximum atomic E-state index is 13.2. The molecule has 3 rings (SSSR count). The second-order valence-electron chi connectivity index (χ2n) is 6.24. The smallest absolute Gasteiger partial charge is 0.257 e. The van der Waals surface area contributed by atoms with E-state index in [0.717, 1.165) is 11.8 Å². The third-order valence-electron chi connectivity index (χ3n) is 4.29. The molecule has 0 aromatic heterocycles. The SMILES string of the molecule is Cc1ccccc1N1N=C(C(F)(F)F)CC1c1ccc(S(C)(=O)=O)cc1. The fourth-order valence-electron chi connectivity index (χ4n) is 2.92. The van der Waals surface area contributed by atoms with Gasteiger partial charge in [0.1, 0.15) is 5.71 Å². The third-order valence-corrected chi connectivity index (χ3v) is 5.42. The molecule has 1 aliphatic heterocycles. The highest BCUT2D eigenvalue weighted by Gasteiger charge is 2.43. The topological polar surface area (TPSA) is 49.7 Å². The second-order valence-corrected chi connectivity index (χ2v) is 8.25. The number of sulfone groups is 1. The van der Waals surface area contributed by atoms with Gasteiger partial charge >= 0.3 is 6.18 Å². The fourth-order valence-corrected chi connectivity index (χ4v) is 3.55. The van der Waals surface area contributed by atoms with Crippen LogP contribution in [0.3, 0.4) is 0 Å². The Morgan fingerprint density at radius 3 is 2.23 bits per heavy atom. The molecule has 1 unspecified atom stereocenters. The van der Waals surface area contributed by atoms with E-state index in [2.05, 4.69) is 5.10 Å². The summed E-state index contributed by atoms with van der Waals surface area (Å²) >= 11 is 0. The molecule has 0 bridgehead atoms. The molecule has 138 valence electrons. The number of nitrogens with zero attached hydrogens (tertiary/aromatic N) is 2. The molecule has 4 nitrogen and oxygen atoms in total. The van der Waals surface area contributed by atoms with Gasteiger partial charge in [-0.1, -0.05) is 30.3 Å². The lowest BCUT2D eigenvalue weighted by Gasteiger charge is -2.25. The van der Waals surface area contributed by atoms with Gasteiger partial charge < -0.3 is 0 Å². The Morgan fingerprint density at radius 2 is 1.69 bits per heavy atom. The van der Waals surface area contributed by atoms with Crippen LogP contribution in [0.5, 0.6) is 0 Å². The Kier molecular flexibility index (Phi) is 4.56. The molecule has 1 heterocycles. The first-order chi connectivity index (χ1) is 12.1. The number of para-hydroxylation sites is 1. The first kappa shape index (κ1) is 18.4. The van der Waals surface area contributed by atoms with Crippen LogP contribution in [-0.4, -0.2) is 26.6 Å². The van der Waals surface area contributed by atoms with Crippen LogP contribution >= 0.6 is 0 Å². The highest BCUT2D eigenvalue weighted by atomic mass is 32.2. The Hall–Kier alpha value is -2.35. The van der Waals surface area contributed by atoms with E-state index in [9.17, 15) is 21.6 Å². The summed E-state index contributed by atoms with van der Waals surface area (Å²) in [5.41, 5.74) is 1.11. The van der Waals surface area contributed by atoms with Gasteiger partial charge in [-0.25, -0.2) is 8.42 Å². The van der Waals surface area contributed by atoms with Crippen molar-refractivity contribution >= 4 is 21.2 Å². The molecule has 1 atom stereocenters. The Labute approximate surface area is 149 Å². The van der Waals surface area contributed by atoms with E-state index in [0.29, 0.717) is 11.3 Å². The third kappa shape index (κ3) is 3.60. The molecular weight excluding hydrogens is 365 g/mol. The van der Waals surface area contributed by atoms with Crippen molar-refractivity contribution in [2.24, 2.45) is 5.10 Å². The number of anilines is 1. The summed E-state index contributed by atoms with van der Waals surface area (Å²) in [6.07, 6.45) is -3.72. The summed E-state index contributed by atoms with van der Waals surface area (Å²) in [6.45, 7) is 1.81. The average molecular weight is 382 g/mol. The number of hydrazone groups is 1. The van der Waals surface area contributed by atoms with Gasteiger partial charge in [-0.15, -0.1) is 0 Å². The van der Waals surface area contributed by atoms with Gasteiger partial charge in [-0.05, 0) is 36.2 Å². The van der Waals surface area contributed by atoms with E-state index in [-0.39, 0.29) is 11.3 Å². The van der Waals surface area contributed by atoms with Gasteiger partial charge in [0.2, 0.25) is 0 Å². The highest BCUT2D eigenvalue weighted by Crippen LogP contribution is 2.40. The second kappa shape index (κ2) is 6.42. The van der Waals surface area contributed by atoms with Crippen molar-refractivity contribution in [3.8, 4) is 0 Å². The van der Waals surface area contributed by atoms with Crippen molar-refractivity contribution in [2.75, 3.05) is 11.3 Å². The van der Waals surface area contributed by atoms with Crippen LogP contribution in [0, 0.1) is 6.92 Å². The zero-order valence-corrected chi connectivity index (χ0v) is 15.0. The Balaban J connectivity index is 2.03. The molecule has 0 radical (unpaired) electrons. The zero-order chi connectivity index (χ0) is 19.1. The average Bonchev–Trinajstić information content (AvgIpc) is 3.00. The minimum absolute atomic E-state index is 0.124. The first-order valence-electron chi connectivity index (χ1n) is 7.87. The van der Waals surface area contributed by atoms with Gasteiger partial charge in [0.05, 0.1) is 16.6 Å². The van der Waals surface area contributed by atoms with Gasteiger partial charge in [-0.3, -0.25) is 5.01 Å². The van der Waals surface area contributed by atoms with Crippen molar-refractivity contribution in [1.29, 1.82) is 0 Å². The van der Waals surface area contributed by atoms with Gasteiger partial charge in [0, 0.05) is 12.7 Å². The van der Waals surface area contributed by atoms with E-state index >= 15 is 0 Å². The fraction of sp³-hybridized carbons (Fsp3) is 0.278. The minimum atomic E-state index is -4.51. The van der Waals surface area contributed by atoms with Crippen LogP contribution in [0.25, 0.3) is 0 Å². The summed E-state index contributed by atoms with van der Waals surface area (Å²) in [4.78, 5) is 0.124. The van der Waals surface area contributed by atoms with Crippen LogP contribution < -0.4 is 5.01 Å². The number of rotatable bonds is 3. The first-order valence-corrected chi connectivity index (χ1v) is 9.76. The maximum Gasteiger partial charge on any atom is 0.431 e. The molecule has 0 saturated carbocycles. The quantitative estimate of drug-likeness (QED) is 0.797. The van der Waals surface area contributed by atoms with E-state index in [1.165, 1.54) is 17.1 Å². The van der Waals surface area contributed by atoms with Crippen LogP contribution in [0.2, 0.25) is 0 Å². The lowest BCUT2D eigenvalue weighted by molar-refractivity contribution is -0.0600. The summed E-state index contributed by atoms with van der Waals surface area (Å²) in [6, 6.07) is 12.3. The van der Waals surface area contributed by atoms with Gasteiger partial charge in [0.25, 0.3) is 0 Å². The van der Waals surface area contributed by atoms with Crippen molar-refractivity contribution in [2.45, 2.75) is 30.5 Å². The Morgan fingerprint density at radius 1 is 1.08 bits per heavy atom. The molecule has 2 aromatic carbocycles. The van der Waals surface area contributed by atoms with Crippen LogP contribution in [0.4, 0.5) is 18.9 Å². The van der Waals surface area contributed by atoms with Crippen molar-refractivity contribution in [3.05, 3.63) is 59.7 Å². The zero-order valence-electron chi connectivity index (χ0n) is 14.2. The molecule has 0 amide bonds. The van der Waals surface area contributed by atoms with Crippen LogP contribution in [-0.2, 0) is 9.84 Å². The number of alkyl halides is 3. The molecule has 1 aliphatic rings. The van der Waals surface area contributed by atoms with Gasteiger partial charge in [-0.2, -0.15) is 18.3 Å². The molecule has 0 N–H and O–H groups in total. The molecule has 8 heteroatoms. The predicted molar refractivity (Wildman–Crippen MR) is 94.1 cm³/mol. The van der Waals surface area contributed by atoms with Crippen molar-refractivity contribution in [3.63, 3.8) is 0 Å². The van der Waals surface area contributed by atoms with Crippen molar-refractivity contribution in [1.82, 2.24) is 0 Å². The van der Waals surface area contributed by atoms with Gasteiger partial charge in [0.15, 0.2) is 9.84 Å². The van der Waals surface area contributed by atoms with Crippen LogP contribution in [0.1, 0.15) is 23.6 Å². The summed E-state index contributed by atoms with van der Waals surface area (Å²) in [5, 5.41) is 5.19. The number of aryl methyl sites for hydroxylation is 1. The van der Waals surface area contributed by atoms with Crippen molar-refractivity contribution < 1.29 is 21.6 Å². The number of hydrogen-bond acceptors (Lipinski definition) is 4. The molecule has 0 aliphatic carbocycles. The van der Waals surface area contributed by atoms with Crippen LogP contribution in [0.15, 0.2) is 58.5 Å². The van der Waals surface area contributed by atoms with E-state index in [1.54, 1.807) is 43.3 Å². The lowest BCUT2D eigenvalue weighted by Crippen LogP contribution is -2.21. The maximum absolute atomic E-state index is 13.2. The predicted octanol–water partition coefficient (Wildman–Crippen LogP) is 4.27. The minimum Gasteiger partial charge on any atom is -0.257 e. The Bertz CT molecular complexity index is 951. The summed E-state index contributed by atoms with van der Waals surface area (Å²) in [7, 11) is -3.37. The lowest BCUT2D eigenvalue weighted by atomic mass is 10.0. The number of benzene rings is 2. The number of halogens is 3. The number of hydrogen-bond donors (Lipinski definition) is 0. The molecule has 0 saturated heterocycles. The summed E-state index contributed by atoms with van der Waals surface area (Å²) < 4.78 is 62.9. The van der Waals surface area contributed by atoms with E-state index in [4.69, 9.17) is 0 Å². The monoisotopic (exact) mass is 382 g/mol. The summed E-state index contributed by atoms with van der Waals surface area (Å²) in [5.74, 6) is 0. The van der Waals surface area contributed by atoms with E-state index < -0.39 is 27.8 Å². The largest absolute Gasteiger partial charge is 0.431 e. The molecule has 0 fully saturated rings. The normalized spacial score (nSPS) is 18.1. The molecular formula is C18H17F3N2O2S.